The van der Waals surface area contributed by atoms with Crippen molar-refractivity contribution in [2.45, 2.75) is 12.4 Å². The van der Waals surface area contributed by atoms with E-state index in [1.165, 1.54) is 6.07 Å². The fourth-order valence-corrected chi connectivity index (χ4v) is 1.37. The van der Waals surface area contributed by atoms with Gasteiger partial charge in [-0.2, -0.15) is 26.3 Å². The summed E-state index contributed by atoms with van der Waals surface area (Å²) in [6, 6.07) is 3.72. The number of anilines is 1. The number of hydrogen-bond donors (Lipinski definition) is 3. The van der Waals surface area contributed by atoms with Gasteiger partial charge in [0.25, 0.3) is 0 Å². The zero-order valence-corrected chi connectivity index (χ0v) is 10.2. The fraction of sp³-hybridized carbons (Fsp3) is 0.364. The van der Waals surface area contributed by atoms with Gasteiger partial charge in [0.1, 0.15) is 0 Å². The quantitative estimate of drug-likeness (QED) is 0.577. The summed E-state index contributed by atoms with van der Waals surface area (Å²) in [7, 11) is 0. The van der Waals surface area contributed by atoms with Gasteiger partial charge in [0.15, 0.2) is 5.92 Å². The number of carboxylic acid groups (broad SMARTS) is 1. The Bertz CT molecular complexity index is 500. The summed E-state index contributed by atoms with van der Waals surface area (Å²) in [5.41, 5.74) is 2.92. The minimum absolute atomic E-state index is 0.142. The van der Waals surface area contributed by atoms with Crippen molar-refractivity contribution in [3.05, 3.63) is 29.8 Å². The third kappa shape index (κ3) is 5.14. The van der Waals surface area contributed by atoms with Crippen LogP contribution < -0.4 is 10.9 Å². The molecule has 118 valence electrons. The molecule has 1 atom stereocenters. The van der Waals surface area contributed by atoms with E-state index in [2.05, 4.69) is 5.43 Å². The molecule has 1 aromatic carbocycles. The van der Waals surface area contributed by atoms with Crippen LogP contribution in [-0.4, -0.2) is 23.8 Å². The van der Waals surface area contributed by atoms with Crippen molar-refractivity contribution in [2.24, 2.45) is 5.92 Å². The monoisotopic (exact) mass is 316 g/mol. The molecule has 0 aliphatic heterocycles. The van der Waals surface area contributed by atoms with Crippen molar-refractivity contribution in [2.75, 3.05) is 12.0 Å². The zero-order valence-electron chi connectivity index (χ0n) is 10.2. The molecule has 21 heavy (non-hydrogen) atoms. The normalized spacial score (nSPS) is 13.8. The van der Waals surface area contributed by atoms with Gasteiger partial charge in [-0.3, -0.25) is 4.79 Å². The molecule has 1 rings (SSSR count). The summed E-state index contributed by atoms with van der Waals surface area (Å²) >= 11 is 0. The van der Waals surface area contributed by atoms with Gasteiger partial charge in [-0.25, -0.2) is 5.43 Å². The van der Waals surface area contributed by atoms with Gasteiger partial charge in [-0.1, -0.05) is 6.07 Å². The lowest BCUT2D eigenvalue weighted by atomic mass is 10.1. The summed E-state index contributed by atoms with van der Waals surface area (Å²) in [5, 5.41) is 8.42. The molecule has 0 aliphatic carbocycles. The van der Waals surface area contributed by atoms with Crippen LogP contribution in [-0.2, 0) is 11.0 Å². The topological polar surface area (TPSA) is 61.4 Å². The highest BCUT2D eigenvalue weighted by atomic mass is 19.4. The summed E-state index contributed by atoms with van der Waals surface area (Å²) in [6.45, 7) is -1.03. The standard InChI is InChI=1S/C11H10F6N2O2/c12-10(13,14)6-2-1-3-7(4-6)19-18-5-8(9(20)21)11(15,16)17/h1-4,8,18-19H,5H2,(H,20,21). The second-order valence-corrected chi connectivity index (χ2v) is 4.02. The molecule has 3 N–H and O–H groups in total. The maximum Gasteiger partial charge on any atom is 0.416 e. The lowest BCUT2D eigenvalue weighted by molar-refractivity contribution is -0.192. The summed E-state index contributed by atoms with van der Waals surface area (Å²) < 4.78 is 74.2. The number of aliphatic carboxylic acids is 1. The van der Waals surface area contributed by atoms with E-state index in [-0.39, 0.29) is 5.69 Å². The molecule has 0 saturated carbocycles. The van der Waals surface area contributed by atoms with Crippen molar-refractivity contribution in [3.8, 4) is 0 Å². The summed E-state index contributed by atoms with van der Waals surface area (Å²) in [5.74, 6) is -4.75. The van der Waals surface area contributed by atoms with Crippen LogP contribution in [0.3, 0.4) is 0 Å². The number of nitrogens with one attached hydrogen (secondary N) is 2. The maximum atomic E-state index is 12.4. The number of carboxylic acids is 1. The lowest BCUT2D eigenvalue weighted by Gasteiger charge is -2.17. The molecular formula is C11H10F6N2O2. The largest absolute Gasteiger partial charge is 0.481 e. The number of rotatable bonds is 5. The van der Waals surface area contributed by atoms with E-state index >= 15 is 0 Å². The van der Waals surface area contributed by atoms with Gasteiger partial charge in [0.2, 0.25) is 0 Å². The van der Waals surface area contributed by atoms with E-state index in [1.807, 2.05) is 5.43 Å². The first-order valence-corrected chi connectivity index (χ1v) is 5.47. The molecule has 0 saturated heterocycles. The Hall–Kier alpha value is -1.97. The number of hydrogen-bond acceptors (Lipinski definition) is 3. The highest BCUT2D eigenvalue weighted by Crippen LogP contribution is 2.30. The Morgan fingerprint density at radius 2 is 1.81 bits per heavy atom. The third-order valence-electron chi connectivity index (χ3n) is 2.42. The fourth-order valence-electron chi connectivity index (χ4n) is 1.37. The van der Waals surface area contributed by atoms with E-state index in [0.717, 1.165) is 12.1 Å². The average Bonchev–Trinajstić information content (AvgIpc) is 2.32. The Morgan fingerprint density at radius 3 is 2.29 bits per heavy atom. The highest BCUT2D eigenvalue weighted by Gasteiger charge is 2.44. The Kier molecular flexibility index (Phi) is 5.05. The predicted molar refractivity (Wildman–Crippen MR) is 60.3 cm³/mol. The molecule has 0 spiro atoms. The van der Waals surface area contributed by atoms with Crippen molar-refractivity contribution in [3.63, 3.8) is 0 Å². The van der Waals surface area contributed by atoms with Crippen molar-refractivity contribution in [1.82, 2.24) is 5.43 Å². The molecule has 0 bridgehead atoms. The van der Waals surface area contributed by atoms with E-state index in [9.17, 15) is 31.1 Å². The Morgan fingerprint density at radius 1 is 1.19 bits per heavy atom. The molecule has 0 heterocycles. The predicted octanol–water partition coefficient (Wildman–Crippen LogP) is 2.89. The van der Waals surface area contributed by atoms with Crippen LogP contribution >= 0.6 is 0 Å². The van der Waals surface area contributed by atoms with Crippen LogP contribution in [0.4, 0.5) is 32.0 Å². The van der Waals surface area contributed by atoms with Crippen molar-refractivity contribution in [1.29, 1.82) is 0 Å². The first kappa shape index (κ1) is 17.1. The molecule has 0 aromatic heterocycles. The minimum Gasteiger partial charge on any atom is -0.481 e. The van der Waals surface area contributed by atoms with E-state index in [1.54, 1.807) is 0 Å². The lowest BCUT2D eigenvalue weighted by Crippen LogP contribution is -2.40. The number of carbonyl (C=O) groups is 1. The highest BCUT2D eigenvalue weighted by molar-refractivity contribution is 5.71. The number of alkyl halides is 6. The molecule has 4 nitrogen and oxygen atoms in total. The first-order chi connectivity index (χ1) is 9.51. The average molecular weight is 316 g/mol. The smallest absolute Gasteiger partial charge is 0.416 e. The minimum atomic E-state index is -4.96. The van der Waals surface area contributed by atoms with Crippen LogP contribution in [0.1, 0.15) is 5.56 Å². The van der Waals surface area contributed by atoms with E-state index in [0.29, 0.717) is 6.07 Å². The van der Waals surface area contributed by atoms with Gasteiger partial charge < -0.3 is 10.5 Å². The molecule has 1 aromatic rings. The van der Waals surface area contributed by atoms with Gasteiger partial charge in [0, 0.05) is 12.2 Å². The number of halogens is 6. The van der Waals surface area contributed by atoms with Crippen LogP contribution in [0.15, 0.2) is 24.3 Å². The van der Waals surface area contributed by atoms with Gasteiger partial charge in [0.05, 0.1) is 5.56 Å². The van der Waals surface area contributed by atoms with Gasteiger partial charge >= 0.3 is 18.3 Å². The third-order valence-corrected chi connectivity index (χ3v) is 2.42. The second-order valence-electron chi connectivity index (χ2n) is 4.02. The van der Waals surface area contributed by atoms with Crippen LogP contribution in [0.2, 0.25) is 0 Å². The molecule has 0 fully saturated rings. The van der Waals surface area contributed by atoms with Gasteiger partial charge in [-0.15, -0.1) is 0 Å². The summed E-state index contributed by atoms with van der Waals surface area (Å²) in [6.07, 6.45) is -9.55. The molecule has 1 unspecified atom stereocenters. The van der Waals surface area contributed by atoms with Crippen LogP contribution in [0, 0.1) is 5.92 Å². The SMILES string of the molecule is O=C(O)C(CNNc1cccc(C(F)(F)F)c1)C(F)(F)F. The number of benzene rings is 1. The first-order valence-electron chi connectivity index (χ1n) is 5.47. The van der Waals surface area contributed by atoms with Crippen molar-refractivity contribution >= 4 is 11.7 Å². The van der Waals surface area contributed by atoms with E-state index in [4.69, 9.17) is 5.11 Å². The maximum absolute atomic E-state index is 12.4. The molecule has 10 heteroatoms. The van der Waals surface area contributed by atoms with E-state index < -0.39 is 36.3 Å². The van der Waals surface area contributed by atoms with Crippen LogP contribution in [0.25, 0.3) is 0 Å². The van der Waals surface area contributed by atoms with Crippen LogP contribution in [0.5, 0.6) is 0 Å². The second kappa shape index (κ2) is 6.20. The molecule has 0 aliphatic rings. The Labute approximate surface area is 114 Å². The van der Waals surface area contributed by atoms with Crippen molar-refractivity contribution < 1.29 is 36.2 Å². The van der Waals surface area contributed by atoms with Gasteiger partial charge in [-0.05, 0) is 18.2 Å². The Balaban J connectivity index is 2.66. The molecule has 0 amide bonds. The number of hydrazine groups is 1. The zero-order chi connectivity index (χ0) is 16.3. The molecule has 0 radical (unpaired) electrons. The molecular weight excluding hydrogens is 306 g/mol. The summed E-state index contributed by atoms with van der Waals surface area (Å²) in [4.78, 5) is 10.4.